The molecule has 4 rings (SSSR count). The summed E-state index contributed by atoms with van der Waals surface area (Å²) in [5.74, 6) is 1.57. The molecule has 0 spiro atoms. The predicted molar refractivity (Wildman–Crippen MR) is 148 cm³/mol. The van der Waals surface area contributed by atoms with Gasteiger partial charge >= 0.3 is 0 Å². The normalized spacial score (nSPS) is 14.4. The first-order valence-electron chi connectivity index (χ1n) is 13.1. The van der Waals surface area contributed by atoms with Crippen LogP contribution < -0.4 is 4.74 Å². The maximum atomic E-state index is 12.8. The Kier molecular flexibility index (Phi) is 9.75. The Labute approximate surface area is 216 Å². The van der Waals surface area contributed by atoms with Crippen molar-refractivity contribution in [2.45, 2.75) is 31.6 Å². The van der Waals surface area contributed by atoms with Crippen molar-refractivity contribution in [3.63, 3.8) is 0 Å². The van der Waals surface area contributed by atoms with Crippen LogP contribution in [0.25, 0.3) is 6.08 Å². The van der Waals surface area contributed by atoms with Crippen molar-refractivity contribution in [3.05, 3.63) is 108 Å². The number of carbonyl (C=O) groups is 1. The summed E-state index contributed by atoms with van der Waals surface area (Å²) in [5.41, 5.74) is 3.88. The summed E-state index contributed by atoms with van der Waals surface area (Å²) in [5, 5.41) is 0. The van der Waals surface area contributed by atoms with E-state index < -0.39 is 0 Å². The van der Waals surface area contributed by atoms with Gasteiger partial charge < -0.3 is 9.64 Å². The highest BCUT2D eigenvalue weighted by atomic mass is 16.5. The van der Waals surface area contributed by atoms with E-state index in [-0.39, 0.29) is 0 Å². The van der Waals surface area contributed by atoms with Crippen LogP contribution in [0.4, 0.5) is 0 Å². The molecule has 0 saturated carbocycles. The third-order valence-electron chi connectivity index (χ3n) is 7.05. The fourth-order valence-electron chi connectivity index (χ4n) is 4.91. The first-order valence-corrected chi connectivity index (χ1v) is 13.1. The van der Waals surface area contributed by atoms with Gasteiger partial charge in [0.2, 0.25) is 5.91 Å². The lowest BCUT2D eigenvalue weighted by atomic mass is 9.87. The number of benzene rings is 3. The van der Waals surface area contributed by atoms with Crippen molar-refractivity contribution in [1.82, 2.24) is 9.80 Å². The molecule has 4 heteroatoms. The highest BCUT2D eigenvalue weighted by Crippen LogP contribution is 2.29. The standard InChI is InChI=1S/C32H38N2O2/c1-36-30-20-18-27(19-21-30)11-10-22-33-23-25-34(26-24-33)32(35)17-9-8-16-31(28-12-4-2-5-13-28)29-14-6-3-7-15-29/h2-7,10-15,18-21,31H,8-9,16-17,22-26H2,1H3/b11-10+. The fraction of sp³-hybridized carbons (Fsp3) is 0.344. The van der Waals surface area contributed by atoms with E-state index in [4.69, 9.17) is 4.74 Å². The first kappa shape index (κ1) is 25.7. The molecule has 188 valence electrons. The minimum Gasteiger partial charge on any atom is -0.497 e. The van der Waals surface area contributed by atoms with Crippen LogP contribution in [-0.2, 0) is 4.79 Å². The lowest BCUT2D eigenvalue weighted by molar-refractivity contribution is -0.133. The van der Waals surface area contributed by atoms with Gasteiger partial charge in [-0.05, 0) is 41.7 Å². The molecule has 1 aliphatic heterocycles. The summed E-state index contributed by atoms with van der Waals surface area (Å²) >= 11 is 0. The Bertz CT molecular complexity index is 1030. The van der Waals surface area contributed by atoms with E-state index in [1.165, 1.54) is 16.7 Å². The molecule has 0 N–H and O–H groups in total. The number of unbranched alkanes of at least 4 members (excludes halogenated alkanes) is 1. The Balaban J connectivity index is 1.17. The van der Waals surface area contributed by atoms with Gasteiger partial charge in [-0.15, -0.1) is 0 Å². The van der Waals surface area contributed by atoms with Gasteiger partial charge in [0.15, 0.2) is 0 Å². The van der Waals surface area contributed by atoms with Crippen LogP contribution in [0.1, 0.15) is 48.3 Å². The van der Waals surface area contributed by atoms with Gasteiger partial charge in [0.25, 0.3) is 0 Å². The highest BCUT2D eigenvalue weighted by molar-refractivity contribution is 5.76. The zero-order valence-electron chi connectivity index (χ0n) is 21.4. The van der Waals surface area contributed by atoms with E-state index in [1.54, 1.807) is 7.11 Å². The van der Waals surface area contributed by atoms with Crippen LogP contribution in [0.15, 0.2) is 91.0 Å². The van der Waals surface area contributed by atoms with Crippen molar-refractivity contribution in [1.29, 1.82) is 0 Å². The van der Waals surface area contributed by atoms with E-state index in [0.717, 1.165) is 57.7 Å². The number of piperazine rings is 1. The molecule has 1 fully saturated rings. The maximum Gasteiger partial charge on any atom is 0.222 e. The Hall–Kier alpha value is -3.37. The van der Waals surface area contributed by atoms with Gasteiger partial charge in [-0.2, -0.15) is 0 Å². The summed E-state index contributed by atoms with van der Waals surface area (Å²) in [6, 6.07) is 29.6. The highest BCUT2D eigenvalue weighted by Gasteiger charge is 2.20. The second-order valence-corrected chi connectivity index (χ2v) is 9.48. The van der Waals surface area contributed by atoms with Crippen LogP contribution in [0.2, 0.25) is 0 Å². The smallest absolute Gasteiger partial charge is 0.222 e. The largest absolute Gasteiger partial charge is 0.497 e. The summed E-state index contributed by atoms with van der Waals surface area (Å²) in [4.78, 5) is 17.3. The quantitative estimate of drug-likeness (QED) is 0.303. The second-order valence-electron chi connectivity index (χ2n) is 9.48. The molecule has 1 amide bonds. The van der Waals surface area contributed by atoms with E-state index >= 15 is 0 Å². The van der Waals surface area contributed by atoms with E-state index in [2.05, 4.69) is 94.7 Å². The van der Waals surface area contributed by atoms with Gasteiger partial charge in [-0.1, -0.05) is 91.4 Å². The molecule has 4 nitrogen and oxygen atoms in total. The molecular weight excluding hydrogens is 444 g/mol. The van der Waals surface area contributed by atoms with E-state index in [1.807, 2.05) is 12.1 Å². The van der Waals surface area contributed by atoms with Crippen molar-refractivity contribution in [3.8, 4) is 5.75 Å². The number of methoxy groups -OCH3 is 1. The molecule has 1 aliphatic rings. The van der Waals surface area contributed by atoms with Crippen LogP contribution in [0.3, 0.4) is 0 Å². The number of amides is 1. The van der Waals surface area contributed by atoms with Crippen molar-refractivity contribution in [2.24, 2.45) is 0 Å². The van der Waals surface area contributed by atoms with Gasteiger partial charge in [0.1, 0.15) is 5.75 Å². The zero-order chi connectivity index (χ0) is 25.0. The average molecular weight is 483 g/mol. The predicted octanol–water partition coefficient (Wildman–Crippen LogP) is 6.25. The molecule has 3 aromatic rings. The van der Waals surface area contributed by atoms with Gasteiger partial charge in [0, 0.05) is 45.1 Å². The summed E-state index contributed by atoms with van der Waals surface area (Å²) < 4.78 is 5.21. The number of ether oxygens (including phenoxy) is 1. The molecule has 0 unspecified atom stereocenters. The third kappa shape index (κ3) is 7.56. The minimum absolute atomic E-state index is 0.305. The molecule has 0 aromatic heterocycles. The Morgan fingerprint density at radius 1 is 0.833 bits per heavy atom. The third-order valence-corrected chi connectivity index (χ3v) is 7.05. The SMILES string of the molecule is COc1ccc(/C=C/CN2CCN(C(=O)CCCCC(c3ccccc3)c3ccccc3)CC2)cc1. The van der Waals surface area contributed by atoms with Crippen molar-refractivity contribution >= 4 is 12.0 Å². The number of nitrogens with zero attached hydrogens (tertiary/aromatic N) is 2. The van der Waals surface area contributed by atoms with Crippen LogP contribution in [0, 0.1) is 0 Å². The van der Waals surface area contributed by atoms with Gasteiger partial charge in [-0.3, -0.25) is 9.69 Å². The number of hydrogen-bond donors (Lipinski definition) is 0. The summed E-state index contributed by atoms with van der Waals surface area (Å²) in [6.45, 7) is 4.43. The monoisotopic (exact) mass is 482 g/mol. The Morgan fingerprint density at radius 3 is 2.03 bits per heavy atom. The fourth-order valence-corrected chi connectivity index (χ4v) is 4.91. The molecule has 36 heavy (non-hydrogen) atoms. The van der Waals surface area contributed by atoms with Gasteiger partial charge in [-0.25, -0.2) is 0 Å². The molecule has 0 aliphatic carbocycles. The maximum absolute atomic E-state index is 12.8. The second kappa shape index (κ2) is 13.6. The molecule has 0 bridgehead atoms. The number of hydrogen-bond acceptors (Lipinski definition) is 3. The lowest BCUT2D eigenvalue weighted by Crippen LogP contribution is -2.48. The van der Waals surface area contributed by atoms with E-state index in [0.29, 0.717) is 18.2 Å². The van der Waals surface area contributed by atoms with Crippen molar-refractivity contribution in [2.75, 3.05) is 39.8 Å². The van der Waals surface area contributed by atoms with Crippen molar-refractivity contribution < 1.29 is 9.53 Å². The molecule has 3 aromatic carbocycles. The first-order chi connectivity index (χ1) is 17.7. The summed E-state index contributed by atoms with van der Waals surface area (Å²) in [7, 11) is 1.68. The molecule has 1 saturated heterocycles. The van der Waals surface area contributed by atoms with Gasteiger partial charge in [0.05, 0.1) is 7.11 Å². The topological polar surface area (TPSA) is 32.8 Å². The molecule has 0 atom stereocenters. The van der Waals surface area contributed by atoms with Crippen LogP contribution >= 0.6 is 0 Å². The van der Waals surface area contributed by atoms with Crippen LogP contribution in [-0.4, -0.2) is 55.5 Å². The molecule has 0 radical (unpaired) electrons. The summed E-state index contributed by atoms with van der Waals surface area (Å²) in [6.07, 6.45) is 8.06. The Morgan fingerprint density at radius 2 is 1.44 bits per heavy atom. The minimum atomic E-state index is 0.305. The average Bonchev–Trinajstić information content (AvgIpc) is 2.94. The number of carbonyl (C=O) groups excluding carboxylic acids is 1. The lowest BCUT2D eigenvalue weighted by Gasteiger charge is -2.34. The van der Waals surface area contributed by atoms with E-state index in [9.17, 15) is 4.79 Å². The zero-order valence-corrected chi connectivity index (χ0v) is 21.4. The molecule has 1 heterocycles. The molecular formula is C32H38N2O2. The van der Waals surface area contributed by atoms with Crippen LogP contribution in [0.5, 0.6) is 5.75 Å². The number of rotatable bonds is 11.